The van der Waals surface area contributed by atoms with E-state index in [0.29, 0.717) is 0 Å². The summed E-state index contributed by atoms with van der Waals surface area (Å²) in [5, 5.41) is 0. The predicted molar refractivity (Wildman–Crippen MR) is 54.0 cm³/mol. The molecule has 1 heterocycles. The van der Waals surface area contributed by atoms with Gasteiger partial charge in [0.05, 0.1) is 7.11 Å². The van der Waals surface area contributed by atoms with Crippen LogP contribution in [0.4, 0.5) is 0 Å². The number of hydrogen-bond acceptors (Lipinski definition) is 3. The van der Waals surface area contributed by atoms with Crippen molar-refractivity contribution in [3.05, 3.63) is 43.0 Å². The Balaban J connectivity index is 2.51. The molecule has 0 bridgehead atoms. The van der Waals surface area contributed by atoms with Gasteiger partial charge in [0.25, 0.3) is 0 Å². The molecular weight excluding hydrogens is 176 g/mol. The maximum Gasteiger partial charge on any atom is 0.126 e. The number of ether oxygens (including phenoxy) is 1. The van der Waals surface area contributed by atoms with Crippen LogP contribution in [0.15, 0.2) is 43.0 Å². The molecule has 0 amide bonds. The standard InChI is InChI=1S/C11H10N2O/c1-14-11-5-3-2-4-10(11)9-6-12-8-13-7-9/h2-8H,1H3. The van der Waals surface area contributed by atoms with Gasteiger partial charge in [-0.3, -0.25) is 0 Å². The molecule has 0 saturated carbocycles. The van der Waals surface area contributed by atoms with E-state index in [1.54, 1.807) is 19.5 Å². The molecule has 2 aromatic rings. The highest BCUT2D eigenvalue weighted by Crippen LogP contribution is 2.27. The Kier molecular flexibility index (Phi) is 2.40. The van der Waals surface area contributed by atoms with Crippen molar-refractivity contribution in [1.82, 2.24) is 9.97 Å². The van der Waals surface area contributed by atoms with Crippen LogP contribution in [-0.4, -0.2) is 17.1 Å². The molecule has 0 saturated heterocycles. The Morgan fingerprint density at radius 2 is 1.79 bits per heavy atom. The summed E-state index contributed by atoms with van der Waals surface area (Å²) in [4.78, 5) is 7.94. The van der Waals surface area contributed by atoms with Gasteiger partial charge in [0.1, 0.15) is 12.1 Å². The van der Waals surface area contributed by atoms with Gasteiger partial charge in [0.2, 0.25) is 0 Å². The van der Waals surface area contributed by atoms with Gasteiger partial charge < -0.3 is 4.74 Å². The minimum atomic E-state index is 0.835. The number of methoxy groups -OCH3 is 1. The summed E-state index contributed by atoms with van der Waals surface area (Å²) >= 11 is 0. The molecule has 0 N–H and O–H groups in total. The second-order valence-electron chi connectivity index (χ2n) is 2.83. The van der Waals surface area contributed by atoms with Gasteiger partial charge in [0.15, 0.2) is 0 Å². The first kappa shape index (κ1) is 8.69. The average molecular weight is 186 g/mol. The topological polar surface area (TPSA) is 35.0 Å². The lowest BCUT2D eigenvalue weighted by Crippen LogP contribution is -1.88. The minimum Gasteiger partial charge on any atom is -0.496 e. The van der Waals surface area contributed by atoms with Crippen molar-refractivity contribution in [2.24, 2.45) is 0 Å². The van der Waals surface area contributed by atoms with Crippen LogP contribution in [0.25, 0.3) is 11.1 Å². The lowest BCUT2D eigenvalue weighted by atomic mass is 10.1. The van der Waals surface area contributed by atoms with Crippen LogP contribution in [-0.2, 0) is 0 Å². The first-order chi connectivity index (χ1) is 6.92. The third kappa shape index (κ3) is 1.57. The van der Waals surface area contributed by atoms with Gasteiger partial charge in [-0.25, -0.2) is 9.97 Å². The SMILES string of the molecule is COc1ccccc1-c1cncnc1. The molecule has 14 heavy (non-hydrogen) atoms. The number of para-hydroxylation sites is 1. The van der Waals surface area contributed by atoms with Crippen molar-refractivity contribution >= 4 is 0 Å². The second-order valence-corrected chi connectivity index (χ2v) is 2.83. The number of aromatic nitrogens is 2. The second kappa shape index (κ2) is 3.87. The highest BCUT2D eigenvalue weighted by atomic mass is 16.5. The van der Waals surface area contributed by atoms with E-state index in [2.05, 4.69) is 9.97 Å². The number of hydrogen-bond donors (Lipinski definition) is 0. The van der Waals surface area contributed by atoms with Gasteiger partial charge >= 0.3 is 0 Å². The van der Waals surface area contributed by atoms with E-state index in [1.807, 2.05) is 24.3 Å². The fourth-order valence-corrected chi connectivity index (χ4v) is 1.32. The summed E-state index contributed by atoms with van der Waals surface area (Å²) < 4.78 is 5.24. The molecule has 0 atom stereocenters. The smallest absolute Gasteiger partial charge is 0.126 e. The maximum absolute atomic E-state index is 5.24. The summed E-state index contributed by atoms with van der Waals surface area (Å²) in [5.41, 5.74) is 1.97. The Morgan fingerprint density at radius 3 is 2.50 bits per heavy atom. The van der Waals surface area contributed by atoms with Crippen molar-refractivity contribution in [2.75, 3.05) is 7.11 Å². The molecule has 0 unspecified atom stereocenters. The molecule has 3 nitrogen and oxygen atoms in total. The molecule has 2 rings (SSSR count). The summed E-state index contributed by atoms with van der Waals surface area (Å²) in [6.07, 6.45) is 5.05. The minimum absolute atomic E-state index is 0.835. The molecular formula is C11H10N2O. The highest BCUT2D eigenvalue weighted by Gasteiger charge is 2.03. The van der Waals surface area contributed by atoms with Crippen molar-refractivity contribution in [1.29, 1.82) is 0 Å². The molecule has 0 spiro atoms. The fourth-order valence-electron chi connectivity index (χ4n) is 1.32. The zero-order chi connectivity index (χ0) is 9.80. The lowest BCUT2D eigenvalue weighted by molar-refractivity contribution is 0.416. The Labute approximate surface area is 82.4 Å². The molecule has 0 aliphatic rings. The summed E-state index contributed by atoms with van der Waals surface area (Å²) in [7, 11) is 1.66. The number of benzene rings is 1. The summed E-state index contributed by atoms with van der Waals surface area (Å²) in [5.74, 6) is 0.835. The van der Waals surface area contributed by atoms with Crippen LogP contribution in [0.2, 0.25) is 0 Å². The van der Waals surface area contributed by atoms with Crippen molar-refractivity contribution < 1.29 is 4.74 Å². The van der Waals surface area contributed by atoms with Crippen molar-refractivity contribution in [3.8, 4) is 16.9 Å². The normalized spacial score (nSPS) is 9.79. The van der Waals surface area contributed by atoms with Crippen LogP contribution in [0.3, 0.4) is 0 Å². The van der Waals surface area contributed by atoms with Crippen molar-refractivity contribution in [2.45, 2.75) is 0 Å². The van der Waals surface area contributed by atoms with E-state index in [-0.39, 0.29) is 0 Å². The van der Waals surface area contributed by atoms with Crippen LogP contribution < -0.4 is 4.74 Å². The predicted octanol–water partition coefficient (Wildman–Crippen LogP) is 2.15. The third-order valence-electron chi connectivity index (χ3n) is 1.98. The molecule has 1 aromatic carbocycles. The zero-order valence-electron chi connectivity index (χ0n) is 7.84. The zero-order valence-corrected chi connectivity index (χ0v) is 7.84. The van der Waals surface area contributed by atoms with E-state index in [0.717, 1.165) is 16.9 Å². The van der Waals surface area contributed by atoms with Crippen LogP contribution >= 0.6 is 0 Å². The Morgan fingerprint density at radius 1 is 1.07 bits per heavy atom. The van der Waals surface area contributed by atoms with Gasteiger partial charge in [-0.2, -0.15) is 0 Å². The summed E-state index contributed by atoms with van der Waals surface area (Å²) in [6.45, 7) is 0. The largest absolute Gasteiger partial charge is 0.496 e. The first-order valence-electron chi connectivity index (χ1n) is 4.30. The van der Waals surface area contributed by atoms with Gasteiger partial charge in [-0.05, 0) is 6.07 Å². The number of nitrogens with zero attached hydrogens (tertiary/aromatic N) is 2. The first-order valence-corrected chi connectivity index (χ1v) is 4.30. The van der Waals surface area contributed by atoms with Gasteiger partial charge in [-0.15, -0.1) is 0 Å². The van der Waals surface area contributed by atoms with Crippen LogP contribution in [0.1, 0.15) is 0 Å². The Hall–Kier alpha value is -1.90. The fraction of sp³-hybridized carbons (Fsp3) is 0.0909. The van der Waals surface area contributed by atoms with E-state index < -0.39 is 0 Å². The Bertz CT molecular complexity index is 415. The molecule has 0 aliphatic carbocycles. The molecule has 0 aliphatic heterocycles. The van der Waals surface area contributed by atoms with Gasteiger partial charge in [-0.1, -0.05) is 18.2 Å². The molecule has 0 radical (unpaired) electrons. The maximum atomic E-state index is 5.24. The molecule has 0 fully saturated rings. The lowest BCUT2D eigenvalue weighted by Gasteiger charge is -2.06. The van der Waals surface area contributed by atoms with E-state index in [4.69, 9.17) is 4.74 Å². The quantitative estimate of drug-likeness (QED) is 0.720. The van der Waals surface area contributed by atoms with E-state index in [1.165, 1.54) is 6.33 Å². The molecule has 3 heteroatoms. The van der Waals surface area contributed by atoms with Crippen LogP contribution in [0.5, 0.6) is 5.75 Å². The molecule has 1 aromatic heterocycles. The summed E-state index contributed by atoms with van der Waals surface area (Å²) in [6, 6.07) is 7.80. The van der Waals surface area contributed by atoms with E-state index in [9.17, 15) is 0 Å². The van der Waals surface area contributed by atoms with Crippen LogP contribution in [0, 0.1) is 0 Å². The van der Waals surface area contributed by atoms with E-state index >= 15 is 0 Å². The van der Waals surface area contributed by atoms with Crippen molar-refractivity contribution in [3.63, 3.8) is 0 Å². The molecule has 70 valence electrons. The average Bonchev–Trinajstić information content (AvgIpc) is 2.30. The third-order valence-corrected chi connectivity index (χ3v) is 1.98. The monoisotopic (exact) mass is 186 g/mol. The van der Waals surface area contributed by atoms with Gasteiger partial charge in [0, 0.05) is 23.5 Å². The highest BCUT2D eigenvalue weighted by molar-refractivity contribution is 5.68. The number of rotatable bonds is 2.